The van der Waals surface area contributed by atoms with E-state index in [0.29, 0.717) is 16.6 Å². The van der Waals surface area contributed by atoms with Crippen molar-refractivity contribution in [3.05, 3.63) is 48.0 Å². The Balaban J connectivity index is 1.67. The zero-order chi connectivity index (χ0) is 17.1. The van der Waals surface area contributed by atoms with Crippen molar-refractivity contribution in [3.63, 3.8) is 0 Å². The van der Waals surface area contributed by atoms with E-state index in [0.717, 1.165) is 10.2 Å². The largest absolute Gasteiger partial charge is 0.431 e. The number of ether oxygens (including phenoxy) is 1. The maximum atomic E-state index is 11.7. The summed E-state index contributed by atoms with van der Waals surface area (Å²) in [4.78, 5) is 16.1. The number of aromatic nitrogens is 1. The van der Waals surface area contributed by atoms with Crippen LogP contribution in [-0.4, -0.2) is 17.1 Å². The van der Waals surface area contributed by atoms with Crippen LogP contribution in [-0.2, 0) is 0 Å². The van der Waals surface area contributed by atoms with E-state index >= 15 is 0 Å². The van der Waals surface area contributed by atoms with Crippen molar-refractivity contribution in [3.8, 4) is 10.9 Å². The highest BCUT2D eigenvalue weighted by Gasteiger charge is 2.07. The molecule has 3 aromatic rings. The van der Waals surface area contributed by atoms with Gasteiger partial charge in [0.05, 0.1) is 10.2 Å². The predicted molar refractivity (Wildman–Crippen MR) is 98.2 cm³/mol. The third-order valence-electron chi connectivity index (χ3n) is 3.26. The molecule has 0 atom stereocenters. The Hall–Kier alpha value is -2.60. The molecule has 2 amide bonds. The molecule has 5 nitrogen and oxygen atoms in total. The van der Waals surface area contributed by atoms with Gasteiger partial charge in [-0.3, -0.25) is 0 Å². The minimum absolute atomic E-state index is 0.0929. The number of fused-ring (bicyclic) bond motifs is 1. The molecule has 0 aliphatic rings. The van der Waals surface area contributed by atoms with E-state index < -0.39 is 0 Å². The Morgan fingerprint density at radius 1 is 1.17 bits per heavy atom. The molecule has 3 rings (SSSR count). The maximum Gasteiger partial charge on any atom is 0.319 e. The van der Waals surface area contributed by atoms with Gasteiger partial charge in [0.15, 0.2) is 0 Å². The molecule has 1 heterocycles. The van der Waals surface area contributed by atoms with Crippen LogP contribution in [0.4, 0.5) is 10.5 Å². The molecular formula is C18H19N3O2S. The number of thiazole rings is 1. The third-order valence-corrected chi connectivity index (χ3v) is 4.16. The number of hydrogen-bond donors (Lipinski definition) is 2. The van der Waals surface area contributed by atoms with E-state index in [1.807, 2.05) is 38.1 Å². The van der Waals surface area contributed by atoms with Gasteiger partial charge in [0.25, 0.3) is 5.19 Å². The summed E-state index contributed by atoms with van der Waals surface area (Å²) in [5, 5.41) is 6.15. The van der Waals surface area contributed by atoms with Crippen molar-refractivity contribution >= 4 is 33.3 Å². The first-order valence-electron chi connectivity index (χ1n) is 7.72. The minimum Gasteiger partial charge on any atom is -0.431 e. The van der Waals surface area contributed by atoms with Crippen LogP contribution in [0.1, 0.15) is 19.4 Å². The number of carbonyl (C=O) groups is 1. The Bertz CT molecular complexity index is 856. The van der Waals surface area contributed by atoms with E-state index in [9.17, 15) is 4.79 Å². The molecule has 2 aromatic carbocycles. The maximum absolute atomic E-state index is 11.7. The lowest BCUT2D eigenvalue weighted by atomic mass is 10.2. The van der Waals surface area contributed by atoms with Crippen molar-refractivity contribution < 1.29 is 9.53 Å². The topological polar surface area (TPSA) is 63.2 Å². The highest BCUT2D eigenvalue weighted by atomic mass is 32.1. The lowest BCUT2D eigenvalue weighted by molar-refractivity contribution is 0.250. The lowest BCUT2D eigenvalue weighted by Crippen LogP contribution is -2.34. The highest BCUT2D eigenvalue weighted by molar-refractivity contribution is 7.20. The number of anilines is 1. The molecule has 0 unspecified atom stereocenters. The number of carbonyl (C=O) groups excluding carboxylic acids is 1. The fourth-order valence-electron chi connectivity index (χ4n) is 2.19. The van der Waals surface area contributed by atoms with Gasteiger partial charge in [0.2, 0.25) is 0 Å². The van der Waals surface area contributed by atoms with Gasteiger partial charge < -0.3 is 15.4 Å². The Morgan fingerprint density at radius 3 is 2.62 bits per heavy atom. The number of hydrogen-bond acceptors (Lipinski definition) is 4. The first-order chi connectivity index (χ1) is 11.5. The number of urea groups is 1. The summed E-state index contributed by atoms with van der Waals surface area (Å²) in [6.45, 7) is 5.88. The molecule has 0 aliphatic carbocycles. The molecule has 0 radical (unpaired) electrons. The van der Waals surface area contributed by atoms with Gasteiger partial charge in [-0.2, -0.15) is 0 Å². The van der Waals surface area contributed by atoms with Crippen LogP contribution in [0.2, 0.25) is 0 Å². The molecule has 24 heavy (non-hydrogen) atoms. The fourth-order valence-corrected chi connectivity index (χ4v) is 3.12. The summed E-state index contributed by atoms with van der Waals surface area (Å²) in [5.41, 5.74) is 2.84. The molecule has 0 saturated heterocycles. The van der Waals surface area contributed by atoms with Crippen LogP contribution in [0.15, 0.2) is 42.5 Å². The van der Waals surface area contributed by atoms with E-state index in [1.165, 1.54) is 16.9 Å². The molecule has 124 valence electrons. The van der Waals surface area contributed by atoms with Crippen LogP contribution in [0.3, 0.4) is 0 Å². The average molecular weight is 341 g/mol. The predicted octanol–water partition coefficient (Wildman–Crippen LogP) is 4.93. The average Bonchev–Trinajstić information content (AvgIpc) is 2.89. The number of aryl methyl sites for hydroxylation is 1. The van der Waals surface area contributed by atoms with Crippen molar-refractivity contribution in [2.24, 2.45) is 0 Å². The van der Waals surface area contributed by atoms with Crippen LogP contribution >= 0.6 is 11.3 Å². The first-order valence-corrected chi connectivity index (χ1v) is 8.54. The Labute approximate surface area is 144 Å². The molecular weight excluding hydrogens is 322 g/mol. The first kappa shape index (κ1) is 16.3. The van der Waals surface area contributed by atoms with Gasteiger partial charge in [-0.15, -0.1) is 0 Å². The quantitative estimate of drug-likeness (QED) is 0.707. The number of nitrogens with zero attached hydrogens (tertiary/aromatic N) is 1. The SMILES string of the molecule is Cc1ccc2nc(Oc3ccc(NC(=O)NC(C)C)cc3)sc2c1. The molecule has 0 aliphatic heterocycles. The number of benzene rings is 2. The zero-order valence-electron chi connectivity index (χ0n) is 13.8. The van der Waals surface area contributed by atoms with Gasteiger partial charge in [-0.25, -0.2) is 9.78 Å². The third kappa shape index (κ3) is 4.02. The summed E-state index contributed by atoms with van der Waals surface area (Å²) < 4.78 is 6.91. The molecule has 0 fully saturated rings. The van der Waals surface area contributed by atoms with Crippen molar-refractivity contribution in [2.45, 2.75) is 26.8 Å². The van der Waals surface area contributed by atoms with Crippen LogP contribution in [0, 0.1) is 6.92 Å². The van der Waals surface area contributed by atoms with Crippen LogP contribution in [0.25, 0.3) is 10.2 Å². The number of rotatable bonds is 4. The normalized spacial score (nSPS) is 10.8. The second-order valence-electron chi connectivity index (χ2n) is 5.83. The van der Waals surface area contributed by atoms with Gasteiger partial charge in [0, 0.05) is 11.7 Å². The van der Waals surface area contributed by atoms with Crippen molar-refractivity contribution in [2.75, 3.05) is 5.32 Å². The molecule has 0 bridgehead atoms. The monoisotopic (exact) mass is 341 g/mol. The van der Waals surface area contributed by atoms with Crippen LogP contribution < -0.4 is 15.4 Å². The highest BCUT2D eigenvalue weighted by Crippen LogP contribution is 2.32. The smallest absolute Gasteiger partial charge is 0.319 e. The van der Waals surface area contributed by atoms with E-state index in [2.05, 4.69) is 28.6 Å². The summed E-state index contributed by atoms with van der Waals surface area (Å²) in [7, 11) is 0. The van der Waals surface area contributed by atoms with E-state index in [4.69, 9.17) is 4.74 Å². The molecule has 1 aromatic heterocycles. The molecule has 2 N–H and O–H groups in total. The second-order valence-corrected chi connectivity index (χ2v) is 6.82. The summed E-state index contributed by atoms with van der Waals surface area (Å²) in [6.07, 6.45) is 0. The lowest BCUT2D eigenvalue weighted by Gasteiger charge is -2.10. The zero-order valence-corrected chi connectivity index (χ0v) is 14.6. The molecule has 6 heteroatoms. The van der Waals surface area contributed by atoms with E-state index in [-0.39, 0.29) is 12.1 Å². The summed E-state index contributed by atoms with van der Waals surface area (Å²) in [6, 6.07) is 13.2. The number of nitrogens with one attached hydrogen (secondary N) is 2. The van der Waals surface area contributed by atoms with Gasteiger partial charge in [0.1, 0.15) is 5.75 Å². The minimum atomic E-state index is -0.222. The molecule has 0 saturated carbocycles. The summed E-state index contributed by atoms with van der Waals surface area (Å²) >= 11 is 1.51. The standard InChI is InChI=1S/C18H19N3O2S/c1-11(2)19-17(22)20-13-5-7-14(8-6-13)23-18-21-15-9-4-12(3)10-16(15)24-18/h4-11H,1-3H3,(H2,19,20,22). The van der Waals surface area contributed by atoms with Gasteiger partial charge >= 0.3 is 6.03 Å². The molecule has 0 spiro atoms. The second kappa shape index (κ2) is 6.88. The fraction of sp³-hybridized carbons (Fsp3) is 0.222. The Morgan fingerprint density at radius 2 is 1.92 bits per heavy atom. The van der Waals surface area contributed by atoms with E-state index in [1.54, 1.807) is 12.1 Å². The van der Waals surface area contributed by atoms with Crippen molar-refractivity contribution in [1.82, 2.24) is 10.3 Å². The summed E-state index contributed by atoms with van der Waals surface area (Å²) in [5.74, 6) is 0.681. The van der Waals surface area contributed by atoms with Gasteiger partial charge in [-0.1, -0.05) is 17.4 Å². The van der Waals surface area contributed by atoms with Crippen LogP contribution in [0.5, 0.6) is 10.9 Å². The number of amides is 2. The van der Waals surface area contributed by atoms with Crippen molar-refractivity contribution in [1.29, 1.82) is 0 Å². The Kier molecular flexibility index (Phi) is 4.66. The van der Waals surface area contributed by atoms with Gasteiger partial charge in [-0.05, 0) is 62.7 Å².